The first-order chi connectivity index (χ1) is 29.6. The van der Waals surface area contributed by atoms with E-state index < -0.39 is 28.2 Å². The summed E-state index contributed by atoms with van der Waals surface area (Å²) in [6, 6.07) is 15.3. The van der Waals surface area contributed by atoms with Crippen LogP contribution in [0.25, 0.3) is 0 Å². The maximum Gasteiger partial charge on any atom is 0.257 e. The van der Waals surface area contributed by atoms with Crippen molar-refractivity contribution in [2.45, 2.75) is 95.7 Å². The van der Waals surface area contributed by atoms with Gasteiger partial charge in [-0.05, 0) is 48.2 Å². The summed E-state index contributed by atoms with van der Waals surface area (Å²) in [5, 5.41) is 0. The van der Waals surface area contributed by atoms with Gasteiger partial charge in [-0.2, -0.15) is 0 Å². The number of methoxy groups -OCH3 is 2. The SMILES string of the molecule is COc1cc2c(cc1OCCCOc1cc3c(cc1OC)C(=O)N1CCC[C@H]1C(=O)N3COCC[Si](C)(C)C)N(COCC[Si](C)(C)C)C(=O)C1Cc3ccccc3CN1C2=O. The van der Waals surface area contributed by atoms with E-state index in [0.29, 0.717) is 91.1 Å². The minimum absolute atomic E-state index is 0.00426. The third kappa shape index (κ3) is 9.83. The monoisotopic (exact) mass is 886 g/mol. The van der Waals surface area contributed by atoms with Crippen molar-refractivity contribution in [1.29, 1.82) is 0 Å². The van der Waals surface area contributed by atoms with Crippen LogP contribution in [0.5, 0.6) is 23.0 Å². The van der Waals surface area contributed by atoms with Crippen LogP contribution in [0, 0.1) is 0 Å². The molecule has 16 heteroatoms. The summed E-state index contributed by atoms with van der Waals surface area (Å²) in [4.78, 5) is 63.1. The fourth-order valence-corrected chi connectivity index (χ4v) is 9.83. The van der Waals surface area contributed by atoms with E-state index >= 15 is 0 Å². The average molecular weight is 887 g/mol. The molecule has 3 aromatic rings. The summed E-state index contributed by atoms with van der Waals surface area (Å²) < 4.78 is 36.3. The van der Waals surface area contributed by atoms with Crippen LogP contribution in [-0.4, -0.2) is 122 Å². The largest absolute Gasteiger partial charge is 0.493 e. The Labute approximate surface area is 367 Å². The quantitative estimate of drug-likeness (QED) is 0.0967. The zero-order valence-corrected chi connectivity index (χ0v) is 39.5. The second-order valence-corrected chi connectivity index (χ2v) is 30.1. The highest BCUT2D eigenvalue weighted by atomic mass is 28.3. The molecule has 62 heavy (non-hydrogen) atoms. The lowest BCUT2D eigenvalue weighted by atomic mass is 9.93. The zero-order chi connectivity index (χ0) is 44.3. The highest BCUT2D eigenvalue weighted by molar-refractivity contribution is 6.76. The van der Waals surface area contributed by atoms with Crippen molar-refractivity contribution in [3.05, 3.63) is 70.8 Å². The number of anilines is 2. The molecule has 2 atom stereocenters. The third-order valence-electron chi connectivity index (χ3n) is 12.0. The zero-order valence-electron chi connectivity index (χ0n) is 37.5. The number of hydrogen-bond acceptors (Lipinski definition) is 10. The molecule has 0 aliphatic carbocycles. The van der Waals surface area contributed by atoms with Gasteiger partial charge in [-0.1, -0.05) is 63.5 Å². The Balaban J connectivity index is 1.09. The Morgan fingerprint density at radius 2 is 1.11 bits per heavy atom. The number of carbonyl (C=O) groups excluding carboxylic acids is 4. The van der Waals surface area contributed by atoms with E-state index in [1.165, 1.54) is 14.2 Å². The lowest BCUT2D eigenvalue weighted by molar-refractivity contribution is -0.124. The molecule has 0 saturated carbocycles. The van der Waals surface area contributed by atoms with Gasteiger partial charge in [0, 0.05) is 67.4 Å². The molecule has 1 saturated heterocycles. The van der Waals surface area contributed by atoms with Crippen molar-refractivity contribution in [2.75, 3.05) is 70.5 Å². The van der Waals surface area contributed by atoms with Gasteiger partial charge in [0.25, 0.3) is 23.6 Å². The molecule has 4 heterocycles. The minimum Gasteiger partial charge on any atom is -0.493 e. The molecule has 0 spiro atoms. The highest BCUT2D eigenvalue weighted by Crippen LogP contribution is 2.42. The van der Waals surface area contributed by atoms with E-state index in [9.17, 15) is 19.2 Å². The lowest BCUT2D eigenvalue weighted by Crippen LogP contribution is -2.51. The van der Waals surface area contributed by atoms with Crippen LogP contribution in [0.2, 0.25) is 51.4 Å². The van der Waals surface area contributed by atoms with Gasteiger partial charge >= 0.3 is 0 Å². The Hall–Kier alpha value is -4.91. The first-order valence-corrected chi connectivity index (χ1v) is 29.2. The molecule has 7 rings (SSSR count). The number of fused-ring (bicyclic) bond motifs is 5. The molecule has 0 aromatic heterocycles. The first-order valence-electron chi connectivity index (χ1n) is 21.7. The van der Waals surface area contributed by atoms with Gasteiger partial charge in [0.15, 0.2) is 23.0 Å². The van der Waals surface area contributed by atoms with Gasteiger partial charge in [0.2, 0.25) is 0 Å². The maximum absolute atomic E-state index is 14.5. The first kappa shape index (κ1) is 45.1. The number of hydrogen-bond donors (Lipinski definition) is 0. The van der Waals surface area contributed by atoms with Gasteiger partial charge in [0.05, 0.1) is 49.9 Å². The minimum atomic E-state index is -1.40. The van der Waals surface area contributed by atoms with Crippen molar-refractivity contribution >= 4 is 51.2 Å². The summed E-state index contributed by atoms with van der Waals surface area (Å²) in [5.41, 5.74) is 3.62. The normalized spacial score (nSPS) is 18.7. The molecule has 4 aliphatic rings. The van der Waals surface area contributed by atoms with E-state index in [2.05, 4.69) is 39.3 Å². The van der Waals surface area contributed by atoms with Crippen LogP contribution in [0.15, 0.2) is 48.5 Å². The molecule has 0 radical (unpaired) electrons. The lowest BCUT2D eigenvalue weighted by Gasteiger charge is -2.35. The van der Waals surface area contributed by atoms with Crippen LogP contribution in [-0.2, 0) is 32.0 Å². The van der Waals surface area contributed by atoms with E-state index in [4.69, 9.17) is 28.4 Å². The van der Waals surface area contributed by atoms with Gasteiger partial charge in [-0.25, -0.2) is 0 Å². The standard InChI is InChI=1S/C46H62N4O10Si2/c1-55-39-24-33-36(49(29-57-19-21-61(3,4)5)45(53)35-15-11-16-47(35)43(33)51)26-41(39)59-17-12-18-60-42-27-37-34(25-40(42)56-2)44(52)48-28-32-14-10-9-13-31(32)23-38(48)46(54)50(37)30-58-20-22-62(6,7)8/h9-10,13-14,24-27,35,38H,11-12,15-23,28-30H2,1-8H3/t35-,38?/m0/s1. The number of benzene rings is 3. The molecule has 1 unspecified atom stereocenters. The van der Waals surface area contributed by atoms with Crippen molar-refractivity contribution in [1.82, 2.24) is 9.80 Å². The number of carbonyl (C=O) groups is 4. The predicted molar refractivity (Wildman–Crippen MR) is 242 cm³/mol. The second kappa shape index (κ2) is 18.8. The van der Waals surface area contributed by atoms with Crippen LogP contribution in [0.1, 0.15) is 51.1 Å². The number of ether oxygens (including phenoxy) is 6. The Kier molecular flexibility index (Phi) is 13.7. The number of rotatable bonds is 18. The van der Waals surface area contributed by atoms with Gasteiger partial charge in [-0.3, -0.25) is 29.0 Å². The summed E-state index contributed by atoms with van der Waals surface area (Å²) in [6.45, 7) is 15.9. The fraction of sp³-hybridized carbons (Fsp3) is 0.522. The summed E-state index contributed by atoms with van der Waals surface area (Å²) in [5.74, 6) is 0.630. The molecule has 1 fully saturated rings. The molecule has 0 N–H and O–H groups in total. The van der Waals surface area contributed by atoms with Crippen LogP contribution >= 0.6 is 0 Å². The van der Waals surface area contributed by atoms with Crippen molar-refractivity contribution in [2.24, 2.45) is 0 Å². The molecule has 3 aromatic carbocycles. The molecule has 14 nitrogen and oxygen atoms in total. The second-order valence-electron chi connectivity index (χ2n) is 18.9. The third-order valence-corrected chi connectivity index (χ3v) is 15.4. The molecule has 334 valence electrons. The predicted octanol–water partition coefficient (Wildman–Crippen LogP) is 7.04. The summed E-state index contributed by atoms with van der Waals surface area (Å²) in [6.07, 6.45) is 2.19. The van der Waals surface area contributed by atoms with Crippen LogP contribution < -0.4 is 28.7 Å². The Morgan fingerprint density at radius 1 is 0.613 bits per heavy atom. The fourth-order valence-electron chi connectivity index (χ4n) is 8.32. The Morgan fingerprint density at radius 3 is 1.63 bits per heavy atom. The van der Waals surface area contributed by atoms with E-state index in [1.807, 2.05) is 24.3 Å². The topological polar surface area (TPSA) is 137 Å². The molecular weight excluding hydrogens is 825 g/mol. The van der Waals surface area contributed by atoms with Crippen molar-refractivity contribution < 1.29 is 47.6 Å². The van der Waals surface area contributed by atoms with E-state index in [-0.39, 0.29) is 50.3 Å². The van der Waals surface area contributed by atoms with Gasteiger partial charge in [-0.15, -0.1) is 0 Å². The maximum atomic E-state index is 14.5. The Bertz CT molecular complexity index is 2170. The van der Waals surface area contributed by atoms with Gasteiger partial charge < -0.3 is 38.2 Å². The van der Waals surface area contributed by atoms with Crippen molar-refractivity contribution in [3.8, 4) is 23.0 Å². The number of nitrogens with zero attached hydrogens (tertiary/aromatic N) is 4. The van der Waals surface area contributed by atoms with E-state index in [0.717, 1.165) is 29.6 Å². The van der Waals surface area contributed by atoms with Crippen LogP contribution in [0.4, 0.5) is 11.4 Å². The molecule has 4 amide bonds. The smallest absolute Gasteiger partial charge is 0.257 e. The summed E-state index contributed by atoms with van der Waals surface area (Å²) in [7, 11) is 0.264. The average Bonchev–Trinajstić information content (AvgIpc) is 3.69. The van der Waals surface area contributed by atoms with Gasteiger partial charge in [0.1, 0.15) is 25.5 Å². The van der Waals surface area contributed by atoms with Crippen LogP contribution in [0.3, 0.4) is 0 Å². The molecule has 4 aliphatic heterocycles. The van der Waals surface area contributed by atoms with Crippen molar-refractivity contribution in [3.63, 3.8) is 0 Å². The van der Waals surface area contributed by atoms with E-state index in [1.54, 1.807) is 43.9 Å². The summed E-state index contributed by atoms with van der Waals surface area (Å²) >= 11 is 0. The molecule has 0 bridgehead atoms. The molecular formula is C46H62N4O10Si2. The number of amides is 4. The highest BCUT2D eigenvalue weighted by Gasteiger charge is 2.44.